The number of allylic oxidation sites excluding steroid dienone is 1. The Morgan fingerprint density at radius 1 is 1.57 bits per heavy atom. The van der Waals surface area contributed by atoms with Gasteiger partial charge < -0.3 is 9.47 Å². The number of carbonyl (C=O) groups is 1. The van der Waals surface area contributed by atoms with E-state index in [1.807, 2.05) is 6.92 Å². The summed E-state index contributed by atoms with van der Waals surface area (Å²) < 4.78 is 10.3. The molecule has 0 aromatic heterocycles. The maximum atomic E-state index is 11.2. The highest BCUT2D eigenvalue weighted by atomic mass is 16.7. The Labute approximate surface area is 85.1 Å². The maximum absolute atomic E-state index is 11.2. The van der Waals surface area contributed by atoms with Gasteiger partial charge in [-0.2, -0.15) is 0 Å². The predicted molar refractivity (Wildman–Crippen MR) is 53.7 cm³/mol. The van der Waals surface area contributed by atoms with Crippen LogP contribution in [0.25, 0.3) is 0 Å². The quantitative estimate of drug-likeness (QED) is 0.502. The number of esters is 1. The van der Waals surface area contributed by atoms with Gasteiger partial charge in [-0.25, -0.2) is 0 Å². The van der Waals surface area contributed by atoms with Gasteiger partial charge in [0.15, 0.2) is 0 Å². The van der Waals surface area contributed by atoms with Gasteiger partial charge in [0.25, 0.3) is 0 Å². The van der Waals surface area contributed by atoms with Crippen molar-refractivity contribution < 1.29 is 14.3 Å². The fourth-order valence-electron chi connectivity index (χ4n) is 1.38. The standard InChI is InChI=1S/C11H18O3/c1-9(2)5-3-6-10(12)14-11-7-4-8-13-11/h11H,1,3-8H2,2H3. The third-order valence-electron chi connectivity index (χ3n) is 2.14. The molecule has 1 rings (SSSR count). The second kappa shape index (κ2) is 5.81. The Morgan fingerprint density at radius 3 is 2.93 bits per heavy atom. The minimum absolute atomic E-state index is 0.154. The molecule has 0 aromatic carbocycles. The van der Waals surface area contributed by atoms with Crippen LogP contribution in [0.15, 0.2) is 12.2 Å². The Kier molecular flexibility index (Phi) is 4.66. The third kappa shape index (κ3) is 4.42. The normalized spacial score (nSPS) is 20.8. The monoisotopic (exact) mass is 198 g/mol. The van der Waals surface area contributed by atoms with E-state index in [2.05, 4.69) is 6.58 Å². The second-order valence-electron chi connectivity index (χ2n) is 3.74. The van der Waals surface area contributed by atoms with Crippen molar-refractivity contribution >= 4 is 5.97 Å². The first kappa shape index (κ1) is 11.2. The Hall–Kier alpha value is -0.830. The average molecular weight is 198 g/mol. The molecule has 0 bridgehead atoms. The van der Waals surface area contributed by atoms with E-state index in [1.165, 1.54) is 0 Å². The van der Waals surface area contributed by atoms with Gasteiger partial charge in [-0.1, -0.05) is 5.57 Å². The molecule has 0 amide bonds. The summed E-state index contributed by atoms with van der Waals surface area (Å²) in [5.74, 6) is -0.154. The molecule has 1 saturated heterocycles. The van der Waals surface area contributed by atoms with E-state index in [9.17, 15) is 4.79 Å². The van der Waals surface area contributed by atoms with E-state index in [-0.39, 0.29) is 12.3 Å². The molecule has 1 unspecified atom stereocenters. The minimum Gasteiger partial charge on any atom is -0.436 e. The van der Waals surface area contributed by atoms with E-state index >= 15 is 0 Å². The van der Waals surface area contributed by atoms with Crippen molar-refractivity contribution in [2.24, 2.45) is 0 Å². The largest absolute Gasteiger partial charge is 0.436 e. The first-order chi connectivity index (χ1) is 6.68. The molecule has 0 N–H and O–H groups in total. The zero-order chi connectivity index (χ0) is 10.4. The van der Waals surface area contributed by atoms with Crippen LogP contribution >= 0.6 is 0 Å². The molecule has 1 aliphatic heterocycles. The van der Waals surface area contributed by atoms with Crippen molar-refractivity contribution in [3.8, 4) is 0 Å². The molecule has 1 aliphatic rings. The van der Waals surface area contributed by atoms with Crippen molar-refractivity contribution in [2.75, 3.05) is 6.61 Å². The fraction of sp³-hybridized carbons (Fsp3) is 0.727. The summed E-state index contributed by atoms with van der Waals surface area (Å²) in [7, 11) is 0. The lowest BCUT2D eigenvalue weighted by atomic mass is 10.1. The molecule has 3 nitrogen and oxygen atoms in total. The highest BCUT2D eigenvalue weighted by molar-refractivity contribution is 5.69. The smallest absolute Gasteiger partial charge is 0.308 e. The van der Waals surface area contributed by atoms with Gasteiger partial charge in [-0.3, -0.25) is 4.79 Å². The van der Waals surface area contributed by atoms with Crippen LogP contribution in [-0.4, -0.2) is 18.9 Å². The Morgan fingerprint density at radius 2 is 2.36 bits per heavy atom. The molecule has 0 aromatic rings. The number of hydrogen-bond acceptors (Lipinski definition) is 3. The van der Waals surface area contributed by atoms with Crippen LogP contribution in [-0.2, 0) is 14.3 Å². The van der Waals surface area contributed by atoms with Crippen LogP contribution in [0.5, 0.6) is 0 Å². The minimum atomic E-state index is -0.285. The Bertz CT molecular complexity index is 205. The first-order valence-corrected chi connectivity index (χ1v) is 5.14. The molecule has 1 atom stereocenters. The number of hydrogen-bond donors (Lipinski definition) is 0. The molecule has 0 aliphatic carbocycles. The van der Waals surface area contributed by atoms with Crippen molar-refractivity contribution in [3.05, 3.63) is 12.2 Å². The molecule has 80 valence electrons. The van der Waals surface area contributed by atoms with Crippen molar-refractivity contribution in [2.45, 2.75) is 45.3 Å². The van der Waals surface area contributed by atoms with Crippen LogP contribution in [0.4, 0.5) is 0 Å². The highest BCUT2D eigenvalue weighted by Crippen LogP contribution is 2.14. The van der Waals surface area contributed by atoms with E-state index in [4.69, 9.17) is 9.47 Å². The number of carbonyl (C=O) groups excluding carboxylic acids is 1. The molecule has 3 heteroatoms. The molecular formula is C11H18O3. The lowest BCUT2D eigenvalue weighted by Crippen LogP contribution is -2.16. The first-order valence-electron chi connectivity index (χ1n) is 5.14. The molecule has 0 saturated carbocycles. The predicted octanol–water partition coefficient (Wildman–Crippen LogP) is 2.41. The van der Waals surface area contributed by atoms with E-state index in [0.717, 1.165) is 31.3 Å². The molecule has 0 radical (unpaired) electrons. The van der Waals surface area contributed by atoms with Gasteiger partial charge in [0.1, 0.15) is 0 Å². The van der Waals surface area contributed by atoms with Gasteiger partial charge in [0.05, 0.1) is 6.61 Å². The van der Waals surface area contributed by atoms with Gasteiger partial charge in [-0.15, -0.1) is 6.58 Å². The summed E-state index contributed by atoms with van der Waals surface area (Å²) in [5, 5.41) is 0. The zero-order valence-electron chi connectivity index (χ0n) is 8.75. The summed E-state index contributed by atoms with van der Waals surface area (Å²) in [5.41, 5.74) is 1.11. The number of rotatable bonds is 5. The second-order valence-corrected chi connectivity index (χ2v) is 3.74. The third-order valence-corrected chi connectivity index (χ3v) is 2.14. The van der Waals surface area contributed by atoms with Gasteiger partial charge >= 0.3 is 5.97 Å². The molecule has 0 spiro atoms. The van der Waals surface area contributed by atoms with Gasteiger partial charge in [-0.05, 0) is 26.2 Å². The lowest BCUT2D eigenvalue weighted by molar-refractivity contribution is -0.169. The van der Waals surface area contributed by atoms with Crippen LogP contribution < -0.4 is 0 Å². The van der Waals surface area contributed by atoms with Crippen LogP contribution in [0, 0.1) is 0 Å². The van der Waals surface area contributed by atoms with Gasteiger partial charge in [0, 0.05) is 12.8 Å². The van der Waals surface area contributed by atoms with Crippen LogP contribution in [0.3, 0.4) is 0 Å². The molecule has 1 heterocycles. The average Bonchev–Trinajstić information content (AvgIpc) is 2.56. The van der Waals surface area contributed by atoms with Gasteiger partial charge in [0.2, 0.25) is 6.29 Å². The SMILES string of the molecule is C=C(C)CCCC(=O)OC1CCCO1. The molecule has 1 fully saturated rings. The van der Waals surface area contributed by atoms with E-state index < -0.39 is 0 Å². The number of ether oxygens (including phenoxy) is 2. The fourth-order valence-corrected chi connectivity index (χ4v) is 1.38. The van der Waals surface area contributed by atoms with Crippen LogP contribution in [0.1, 0.15) is 39.0 Å². The van der Waals surface area contributed by atoms with Crippen LogP contribution in [0.2, 0.25) is 0 Å². The van der Waals surface area contributed by atoms with Crippen molar-refractivity contribution in [1.29, 1.82) is 0 Å². The zero-order valence-corrected chi connectivity index (χ0v) is 8.75. The molecular weight excluding hydrogens is 180 g/mol. The molecule has 14 heavy (non-hydrogen) atoms. The lowest BCUT2D eigenvalue weighted by Gasteiger charge is -2.10. The topological polar surface area (TPSA) is 35.5 Å². The van der Waals surface area contributed by atoms with E-state index in [1.54, 1.807) is 0 Å². The summed E-state index contributed by atoms with van der Waals surface area (Å²) in [6, 6.07) is 0. The summed E-state index contributed by atoms with van der Waals surface area (Å²) in [4.78, 5) is 11.2. The highest BCUT2D eigenvalue weighted by Gasteiger charge is 2.19. The van der Waals surface area contributed by atoms with Crippen molar-refractivity contribution in [1.82, 2.24) is 0 Å². The summed E-state index contributed by atoms with van der Waals surface area (Å²) in [6.45, 7) is 6.45. The van der Waals surface area contributed by atoms with Crippen molar-refractivity contribution in [3.63, 3.8) is 0 Å². The van der Waals surface area contributed by atoms with E-state index in [0.29, 0.717) is 13.0 Å². The maximum Gasteiger partial charge on any atom is 0.308 e. The summed E-state index contributed by atoms with van der Waals surface area (Å²) in [6.07, 6.45) is 3.72. The summed E-state index contributed by atoms with van der Waals surface area (Å²) >= 11 is 0. The Balaban J connectivity index is 2.06.